The number of carboxylic acid groups (broad SMARTS) is 1. The third-order valence-corrected chi connectivity index (χ3v) is 6.41. The predicted octanol–water partition coefficient (Wildman–Crippen LogP) is 2.66. The number of rotatable bonds is 8. The fraction of sp³-hybridized carbons (Fsp3) is 0.565. The summed E-state index contributed by atoms with van der Waals surface area (Å²) in [5.41, 5.74) is 0.206. The lowest BCUT2D eigenvalue weighted by Gasteiger charge is -2.32. The van der Waals surface area contributed by atoms with E-state index in [-0.39, 0.29) is 18.8 Å². The highest BCUT2D eigenvalue weighted by atomic mass is 32.2. The Kier molecular flexibility index (Phi) is 9.60. The fourth-order valence-corrected chi connectivity index (χ4v) is 4.79. The highest BCUT2D eigenvalue weighted by molar-refractivity contribution is 7.99. The van der Waals surface area contributed by atoms with E-state index >= 15 is 0 Å². The van der Waals surface area contributed by atoms with Gasteiger partial charge in [0, 0.05) is 25.9 Å². The van der Waals surface area contributed by atoms with Crippen molar-refractivity contribution in [1.82, 2.24) is 20.4 Å². The van der Waals surface area contributed by atoms with Gasteiger partial charge in [-0.1, -0.05) is 37.3 Å². The van der Waals surface area contributed by atoms with Gasteiger partial charge in [-0.15, -0.1) is 11.8 Å². The number of amides is 4. The van der Waals surface area contributed by atoms with Crippen LogP contribution in [0.3, 0.4) is 0 Å². The van der Waals surface area contributed by atoms with Crippen molar-refractivity contribution in [3.05, 3.63) is 35.9 Å². The van der Waals surface area contributed by atoms with Gasteiger partial charge in [0.25, 0.3) is 0 Å². The molecule has 11 heteroatoms. The molecule has 3 N–H and O–H groups in total. The SMILES string of the molecule is CC[C@H](NC(=O)N(C)CCNC(=O)OC(C)(C)C)C(=O)N1C(c2ccccc2)SC[C@H]1C(=O)O. The zero-order valence-corrected chi connectivity index (χ0v) is 21.1. The number of likely N-dealkylation sites (N-methyl/N-ethyl adjacent to an activating group) is 1. The normalized spacial score (nSPS) is 18.7. The van der Waals surface area contributed by atoms with Gasteiger partial charge < -0.3 is 30.3 Å². The molecule has 34 heavy (non-hydrogen) atoms. The van der Waals surface area contributed by atoms with Gasteiger partial charge in [0.15, 0.2) is 0 Å². The van der Waals surface area contributed by atoms with E-state index in [0.717, 1.165) is 5.56 Å². The Morgan fingerprint density at radius 3 is 2.44 bits per heavy atom. The summed E-state index contributed by atoms with van der Waals surface area (Å²) in [6.07, 6.45) is -0.287. The van der Waals surface area contributed by atoms with Crippen LogP contribution in [0.15, 0.2) is 30.3 Å². The number of carbonyl (C=O) groups excluding carboxylic acids is 3. The minimum atomic E-state index is -1.08. The topological polar surface area (TPSA) is 128 Å². The summed E-state index contributed by atoms with van der Waals surface area (Å²) in [6, 6.07) is 6.87. The minimum absolute atomic E-state index is 0.170. The quantitative estimate of drug-likeness (QED) is 0.507. The number of thioether (sulfide) groups is 1. The zero-order valence-electron chi connectivity index (χ0n) is 20.2. The first-order valence-corrected chi connectivity index (χ1v) is 12.2. The zero-order chi connectivity index (χ0) is 25.5. The highest BCUT2D eigenvalue weighted by Crippen LogP contribution is 2.41. The maximum atomic E-state index is 13.4. The van der Waals surface area contributed by atoms with Crippen LogP contribution in [-0.2, 0) is 14.3 Å². The lowest BCUT2D eigenvalue weighted by atomic mass is 10.1. The van der Waals surface area contributed by atoms with Crippen LogP contribution in [0.1, 0.15) is 45.1 Å². The summed E-state index contributed by atoms with van der Waals surface area (Å²) in [6.45, 7) is 7.38. The number of carbonyl (C=O) groups is 4. The Morgan fingerprint density at radius 2 is 1.88 bits per heavy atom. The molecule has 1 aliphatic heterocycles. The van der Waals surface area contributed by atoms with E-state index in [1.165, 1.54) is 21.6 Å². The molecule has 10 nitrogen and oxygen atoms in total. The third-order valence-electron chi connectivity index (χ3n) is 5.09. The van der Waals surface area contributed by atoms with E-state index in [9.17, 15) is 24.3 Å². The van der Waals surface area contributed by atoms with Gasteiger partial charge in [0.05, 0.1) is 0 Å². The maximum Gasteiger partial charge on any atom is 0.407 e. The van der Waals surface area contributed by atoms with Crippen LogP contribution in [0.2, 0.25) is 0 Å². The van der Waals surface area contributed by atoms with Crippen molar-refractivity contribution in [2.45, 2.75) is 57.2 Å². The number of nitrogens with zero attached hydrogens (tertiary/aromatic N) is 2. The van der Waals surface area contributed by atoms with Crippen molar-refractivity contribution < 1.29 is 29.0 Å². The molecule has 1 aliphatic rings. The number of carboxylic acids is 1. The molecule has 188 valence electrons. The smallest absolute Gasteiger partial charge is 0.407 e. The molecule has 1 heterocycles. The van der Waals surface area contributed by atoms with Crippen LogP contribution >= 0.6 is 11.8 Å². The molecule has 3 atom stereocenters. The van der Waals surface area contributed by atoms with E-state index in [1.54, 1.807) is 34.7 Å². The highest BCUT2D eigenvalue weighted by Gasteiger charge is 2.44. The standard InChI is InChI=1S/C23H34N4O6S/c1-6-16(25-21(31)26(5)13-12-24-22(32)33-23(2,3)4)18(28)27-17(20(29)30)14-34-19(27)15-10-8-7-9-11-15/h7-11,16-17,19H,6,12-14H2,1-5H3,(H,24,32)(H,25,31)(H,29,30)/t16-,17-,19?/m0/s1. The van der Waals surface area contributed by atoms with E-state index < -0.39 is 47.1 Å². The van der Waals surface area contributed by atoms with Crippen molar-refractivity contribution in [2.24, 2.45) is 0 Å². The van der Waals surface area contributed by atoms with Gasteiger partial charge in [-0.05, 0) is 32.8 Å². The summed E-state index contributed by atoms with van der Waals surface area (Å²) < 4.78 is 5.16. The Hall–Kier alpha value is -2.95. The summed E-state index contributed by atoms with van der Waals surface area (Å²) in [4.78, 5) is 52.4. The number of alkyl carbamates (subject to hydrolysis) is 1. The van der Waals surface area contributed by atoms with E-state index in [1.807, 2.05) is 30.3 Å². The Bertz CT molecular complexity index is 876. The van der Waals surface area contributed by atoms with Crippen LogP contribution in [-0.4, -0.2) is 82.5 Å². The molecule has 0 saturated carbocycles. The first kappa shape index (κ1) is 27.3. The summed E-state index contributed by atoms with van der Waals surface area (Å²) >= 11 is 1.39. The average Bonchev–Trinajstić information content (AvgIpc) is 3.21. The van der Waals surface area contributed by atoms with Crippen LogP contribution in [0.4, 0.5) is 9.59 Å². The molecule has 0 aliphatic carbocycles. The number of benzene rings is 1. The van der Waals surface area contributed by atoms with E-state index in [4.69, 9.17) is 4.74 Å². The van der Waals surface area contributed by atoms with Gasteiger partial charge in [0.2, 0.25) is 5.91 Å². The first-order valence-electron chi connectivity index (χ1n) is 11.1. The van der Waals surface area contributed by atoms with Crippen molar-refractivity contribution in [3.63, 3.8) is 0 Å². The third kappa shape index (κ3) is 7.54. The molecule has 1 fully saturated rings. The van der Waals surface area contributed by atoms with Gasteiger partial charge in [-0.25, -0.2) is 14.4 Å². The Morgan fingerprint density at radius 1 is 1.24 bits per heavy atom. The van der Waals surface area contributed by atoms with Crippen molar-refractivity contribution in [3.8, 4) is 0 Å². The lowest BCUT2D eigenvalue weighted by Crippen LogP contribution is -2.54. The molecule has 0 aromatic heterocycles. The summed E-state index contributed by atoms with van der Waals surface area (Å²) in [5, 5.41) is 14.5. The first-order chi connectivity index (χ1) is 15.9. The number of nitrogens with one attached hydrogen (secondary N) is 2. The fourth-order valence-electron chi connectivity index (χ4n) is 3.36. The molecule has 0 radical (unpaired) electrons. The van der Waals surface area contributed by atoms with E-state index in [0.29, 0.717) is 6.42 Å². The second-order valence-corrected chi connectivity index (χ2v) is 10.1. The van der Waals surface area contributed by atoms with Gasteiger partial charge in [-0.2, -0.15) is 0 Å². The van der Waals surface area contributed by atoms with Crippen LogP contribution in [0, 0.1) is 0 Å². The molecule has 1 saturated heterocycles. The van der Waals surface area contributed by atoms with Crippen molar-refractivity contribution in [1.29, 1.82) is 0 Å². The van der Waals surface area contributed by atoms with Crippen LogP contribution in [0.25, 0.3) is 0 Å². The van der Waals surface area contributed by atoms with Crippen molar-refractivity contribution in [2.75, 3.05) is 25.9 Å². The number of aliphatic carboxylic acids is 1. The number of ether oxygens (including phenoxy) is 1. The van der Waals surface area contributed by atoms with Crippen LogP contribution < -0.4 is 10.6 Å². The Labute approximate surface area is 204 Å². The van der Waals surface area contributed by atoms with Crippen LogP contribution in [0.5, 0.6) is 0 Å². The largest absolute Gasteiger partial charge is 0.480 e. The lowest BCUT2D eigenvalue weighted by molar-refractivity contribution is -0.150. The maximum absolute atomic E-state index is 13.4. The second-order valence-electron chi connectivity index (χ2n) is 8.96. The number of urea groups is 1. The van der Waals surface area contributed by atoms with Gasteiger partial charge in [0.1, 0.15) is 23.1 Å². The Balaban J connectivity index is 2.02. The number of hydrogen-bond acceptors (Lipinski definition) is 6. The average molecular weight is 495 g/mol. The predicted molar refractivity (Wildman–Crippen MR) is 129 cm³/mol. The molecule has 4 amide bonds. The van der Waals surface area contributed by atoms with Gasteiger partial charge in [-0.3, -0.25) is 4.79 Å². The minimum Gasteiger partial charge on any atom is -0.480 e. The molecule has 1 aromatic carbocycles. The summed E-state index contributed by atoms with van der Waals surface area (Å²) in [7, 11) is 1.54. The number of hydrogen-bond donors (Lipinski definition) is 3. The molecule has 1 aromatic rings. The summed E-state index contributed by atoms with van der Waals surface area (Å²) in [5.74, 6) is -1.26. The van der Waals surface area contributed by atoms with Crippen molar-refractivity contribution >= 4 is 35.8 Å². The monoisotopic (exact) mass is 494 g/mol. The molecule has 1 unspecified atom stereocenters. The molecule has 0 spiro atoms. The molecular formula is C23H34N4O6S. The van der Waals surface area contributed by atoms with E-state index in [2.05, 4.69) is 10.6 Å². The molecular weight excluding hydrogens is 460 g/mol. The second kappa shape index (κ2) is 12.0. The van der Waals surface area contributed by atoms with Gasteiger partial charge >= 0.3 is 18.1 Å². The molecule has 0 bridgehead atoms. The molecule has 2 rings (SSSR count).